The highest BCUT2D eigenvalue weighted by Gasteiger charge is 2.10. The van der Waals surface area contributed by atoms with Gasteiger partial charge >= 0.3 is 0 Å². The fourth-order valence-corrected chi connectivity index (χ4v) is 2.62. The predicted molar refractivity (Wildman–Crippen MR) is 114 cm³/mol. The maximum Gasteiger partial charge on any atom is 0.191 e. The van der Waals surface area contributed by atoms with Gasteiger partial charge in [-0.3, -0.25) is 4.99 Å². The molecule has 2 aromatic rings. The summed E-state index contributed by atoms with van der Waals surface area (Å²) in [6.45, 7) is 9.53. The van der Waals surface area contributed by atoms with Crippen molar-refractivity contribution in [2.24, 2.45) is 4.99 Å². The molecule has 0 fully saturated rings. The number of aromatic nitrogens is 1. The van der Waals surface area contributed by atoms with E-state index in [1.165, 1.54) is 0 Å². The summed E-state index contributed by atoms with van der Waals surface area (Å²) in [5.74, 6) is 1.67. The second-order valence-corrected chi connectivity index (χ2v) is 6.17. The molecule has 1 aromatic heterocycles. The maximum absolute atomic E-state index is 5.95. The van der Waals surface area contributed by atoms with Gasteiger partial charge in [0.25, 0.3) is 0 Å². The molecule has 1 unspecified atom stereocenters. The number of hydrogen-bond acceptors (Lipinski definition) is 3. The van der Waals surface area contributed by atoms with Crippen molar-refractivity contribution in [3.8, 4) is 0 Å². The van der Waals surface area contributed by atoms with Crippen LogP contribution in [-0.2, 0) is 6.42 Å². The molecule has 5 nitrogen and oxygen atoms in total. The Bertz CT molecular complexity index is 665. The molecule has 1 atom stereocenters. The minimum Gasteiger partial charge on any atom is -0.361 e. The summed E-state index contributed by atoms with van der Waals surface area (Å²) in [5.41, 5.74) is 3.24. The fourth-order valence-electron chi connectivity index (χ4n) is 2.50. The van der Waals surface area contributed by atoms with Gasteiger partial charge in [-0.05, 0) is 51.8 Å². The van der Waals surface area contributed by atoms with Crippen LogP contribution < -0.4 is 10.6 Å². The number of aryl methyl sites for hydroxylation is 2. The number of nitrogens with one attached hydrogen (secondary N) is 2. The zero-order valence-corrected chi connectivity index (χ0v) is 18.2. The number of aliphatic imine (C=N–C) groups is 1. The van der Waals surface area contributed by atoms with E-state index in [0.29, 0.717) is 6.54 Å². The third-order valence-electron chi connectivity index (χ3n) is 3.88. The standard InChI is InChI=1S/C18H25ClN4O.HI/c1-5-20-18(21-11-10-17-13(3)23-24-14(17)4)22-12(2)15-6-8-16(19)9-7-15;/h6-9,12H,5,10-11H2,1-4H3,(H2,20,21,22);1H. The molecule has 0 aliphatic heterocycles. The largest absolute Gasteiger partial charge is 0.361 e. The zero-order valence-electron chi connectivity index (χ0n) is 15.1. The van der Waals surface area contributed by atoms with E-state index in [0.717, 1.165) is 46.5 Å². The van der Waals surface area contributed by atoms with Gasteiger partial charge in [-0.15, -0.1) is 24.0 Å². The molecule has 138 valence electrons. The monoisotopic (exact) mass is 476 g/mol. The van der Waals surface area contributed by atoms with Crippen LogP contribution in [0.25, 0.3) is 0 Å². The summed E-state index contributed by atoms with van der Waals surface area (Å²) < 4.78 is 5.19. The summed E-state index contributed by atoms with van der Waals surface area (Å²) >= 11 is 5.95. The van der Waals surface area contributed by atoms with Crippen molar-refractivity contribution in [2.45, 2.75) is 40.2 Å². The Morgan fingerprint density at radius 1 is 1.28 bits per heavy atom. The van der Waals surface area contributed by atoms with E-state index in [1.807, 2.05) is 38.1 Å². The van der Waals surface area contributed by atoms with Crippen molar-refractivity contribution >= 4 is 41.5 Å². The average molecular weight is 477 g/mol. The normalized spacial score (nSPS) is 12.4. The minimum absolute atomic E-state index is 0. The molecule has 0 saturated heterocycles. The maximum atomic E-state index is 5.95. The highest BCUT2D eigenvalue weighted by Crippen LogP contribution is 2.16. The second-order valence-electron chi connectivity index (χ2n) is 5.73. The number of nitrogens with zero attached hydrogens (tertiary/aromatic N) is 2. The van der Waals surface area contributed by atoms with E-state index < -0.39 is 0 Å². The highest BCUT2D eigenvalue weighted by molar-refractivity contribution is 14.0. The summed E-state index contributed by atoms with van der Waals surface area (Å²) in [5, 5.41) is 11.4. The molecule has 0 bridgehead atoms. The van der Waals surface area contributed by atoms with Crippen LogP contribution in [0.5, 0.6) is 0 Å². The number of hydrogen-bond donors (Lipinski definition) is 2. The van der Waals surface area contributed by atoms with Crippen molar-refractivity contribution in [1.82, 2.24) is 15.8 Å². The second kappa shape index (κ2) is 10.7. The number of guanidine groups is 1. The number of benzene rings is 1. The van der Waals surface area contributed by atoms with Crippen LogP contribution in [-0.4, -0.2) is 24.2 Å². The molecule has 2 N–H and O–H groups in total. The SMILES string of the molecule is CCNC(=NCCc1c(C)noc1C)NC(C)c1ccc(Cl)cc1.I. The fraction of sp³-hybridized carbons (Fsp3) is 0.444. The zero-order chi connectivity index (χ0) is 17.5. The molecule has 0 radical (unpaired) electrons. The average Bonchev–Trinajstić information content (AvgIpc) is 2.87. The van der Waals surface area contributed by atoms with Crippen LogP contribution in [0.3, 0.4) is 0 Å². The van der Waals surface area contributed by atoms with Gasteiger partial charge < -0.3 is 15.2 Å². The Balaban J connectivity index is 0.00000312. The van der Waals surface area contributed by atoms with Crippen LogP contribution in [0.2, 0.25) is 5.02 Å². The Morgan fingerprint density at radius 3 is 2.52 bits per heavy atom. The third-order valence-corrected chi connectivity index (χ3v) is 4.13. The van der Waals surface area contributed by atoms with Gasteiger partial charge in [-0.2, -0.15) is 0 Å². The molecular weight excluding hydrogens is 451 g/mol. The van der Waals surface area contributed by atoms with Gasteiger partial charge in [0.15, 0.2) is 5.96 Å². The molecular formula is C18H26ClIN4O. The van der Waals surface area contributed by atoms with Gasteiger partial charge in [-0.1, -0.05) is 28.9 Å². The van der Waals surface area contributed by atoms with Crippen molar-refractivity contribution in [3.05, 3.63) is 51.9 Å². The van der Waals surface area contributed by atoms with E-state index in [4.69, 9.17) is 16.1 Å². The van der Waals surface area contributed by atoms with Gasteiger partial charge in [0, 0.05) is 23.7 Å². The molecule has 0 saturated carbocycles. The van der Waals surface area contributed by atoms with Gasteiger partial charge in [0.2, 0.25) is 0 Å². The molecule has 1 heterocycles. The van der Waals surface area contributed by atoms with Crippen molar-refractivity contribution < 1.29 is 4.52 Å². The van der Waals surface area contributed by atoms with Gasteiger partial charge in [-0.25, -0.2) is 0 Å². The number of rotatable bonds is 6. The summed E-state index contributed by atoms with van der Waals surface area (Å²) in [6.07, 6.45) is 0.813. The lowest BCUT2D eigenvalue weighted by molar-refractivity contribution is 0.392. The Morgan fingerprint density at radius 2 is 1.96 bits per heavy atom. The molecule has 2 rings (SSSR count). The number of halogens is 2. The molecule has 25 heavy (non-hydrogen) atoms. The Labute approximate surface area is 171 Å². The first kappa shape index (κ1) is 21.8. The first-order chi connectivity index (χ1) is 11.5. The lowest BCUT2D eigenvalue weighted by Gasteiger charge is -2.18. The van der Waals surface area contributed by atoms with Crippen LogP contribution in [0.4, 0.5) is 0 Å². The Kier molecular flexibility index (Phi) is 9.27. The van der Waals surface area contributed by atoms with E-state index in [1.54, 1.807) is 0 Å². The molecule has 7 heteroatoms. The highest BCUT2D eigenvalue weighted by atomic mass is 127. The Hall–Kier alpha value is -1.28. The van der Waals surface area contributed by atoms with E-state index in [-0.39, 0.29) is 30.0 Å². The van der Waals surface area contributed by atoms with Crippen molar-refractivity contribution in [3.63, 3.8) is 0 Å². The van der Waals surface area contributed by atoms with E-state index >= 15 is 0 Å². The van der Waals surface area contributed by atoms with Crippen molar-refractivity contribution in [2.75, 3.05) is 13.1 Å². The quantitative estimate of drug-likeness (QED) is 0.368. The predicted octanol–water partition coefficient (Wildman–Crippen LogP) is 4.42. The van der Waals surface area contributed by atoms with Gasteiger partial charge in [0.05, 0.1) is 11.7 Å². The first-order valence-corrected chi connectivity index (χ1v) is 8.61. The summed E-state index contributed by atoms with van der Waals surface area (Å²) in [7, 11) is 0. The molecule has 0 amide bonds. The topological polar surface area (TPSA) is 62.5 Å². The molecule has 0 aliphatic rings. The van der Waals surface area contributed by atoms with E-state index in [9.17, 15) is 0 Å². The first-order valence-electron chi connectivity index (χ1n) is 8.23. The van der Waals surface area contributed by atoms with Crippen molar-refractivity contribution in [1.29, 1.82) is 0 Å². The lowest BCUT2D eigenvalue weighted by Crippen LogP contribution is -2.38. The smallest absolute Gasteiger partial charge is 0.191 e. The minimum atomic E-state index is 0. The van der Waals surface area contributed by atoms with Crippen LogP contribution in [0, 0.1) is 13.8 Å². The van der Waals surface area contributed by atoms with Crippen LogP contribution in [0.1, 0.15) is 42.5 Å². The molecule has 1 aromatic carbocycles. The van der Waals surface area contributed by atoms with Gasteiger partial charge in [0.1, 0.15) is 5.76 Å². The van der Waals surface area contributed by atoms with Crippen LogP contribution >= 0.6 is 35.6 Å². The summed E-state index contributed by atoms with van der Waals surface area (Å²) in [4.78, 5) is 4.65. The van der Waals surface area contributed by atoms with Crippen LogP contribution in [0.15, 0.2) is 33.8 Å². The third kappa shape index (κ3) is 6.51. The lowest BCUT2D eigenvalue weighted by atomic mass is 10.1. The summed E-state index contributed by atoms with van der Waals surface area (Å²) in [6, 6.07) is 7.98. The van der Waals surface area contributed by atoms with E-state index in [2.05, 4.69) is 34.6 Å². The molecule has 0 aliphatic carbocycles. The molecule has 0 spiro atoms.